The second kappa shape index (κ2) is 6.73. The summed E-state index contributed by atoms with van der Waals surface area (Å²) in [5.74, 6) is -0.785. The summed E-state index contributed by atoms with van der Waals surface area (Å²) in [4.78, 5) is 32.6. The van der Waals surface area contributed by atoms with Crippen molar-refractivity contribution in [2.24, 2.45) is 0 Å². The van der Waals surface area contributed by atoms with Gasteiger partial charge in [0.25, 0.3) is 11.4 Å². The predicted molar refractivity (Wildman–Crippen MR) is 82.4 cm³/mol. The van der Waals surface area contributed by atoms with Gasteiger partial charge in [-0.3, -0.25) is 20.2 Å². The van der Waals surface area contributed by atoms with Crippen molar-refractivity contribution in [2.45, 2.75) is 6.92 Å². The largest absolute Gasteiger partial charge is 0.493 e. The summed E-state index contributed by atoms with van der Waals surface area (Å²) in [5.41, 5.74) is -0.0231. The fraction of sp³-hybridized carbons (Fsp3) is 0.133. The van der Waals surface area contributed by atoms with Crippen molar-refractivity contribution >= 4 is 17.3 Å². The standard InChI is InChI=1S/C15H12N2O7/c1-9-7-10(3-5-12(9)17(21)22)15(18)24-14-8-11(16(19)20)4-6-13(14)23-2/h3-8H,1-2H3. The van der Waals surface area contributed by atoms with E-state index < -0.39 is 15.8 Å². The van der Waals surface area contributed by atoms with E-state index in [1.165, 1.54) is 44.4 Å². The van der Waals surface area contributed by atoms with Gasteiger partial charge in [-0.2, -0.15) is 0 Å². The number of hydrogen-bond acceptors (Lipinski definition) is 7. The van der Waals surface area contributed by atoms with Gasteiger partial charge in [0, 0.05) is 17.7 Å². The first-order valence-corrected chi connectivity index (χ1v) is 6.63. The Morgan fingerprint density at radius 2 is 1.71 bits per heavy atom. The number of benzene rings is 2. The normalized spacial score (nSPS) is 10.1. The third-order valence-corrected chi connectivity index (χ3v) is 3.19. The number of non-ortho nitro benzene ring substituents is 1. The number of nitro benzene ring substituents is 2. The summed E-state index contributed by atoms with van der Waals surface area (Å²) in [5, 5.41) is 21.6. The van der Waals surface area contributed by atoms with Crippen LogP contribution in [0.25, 0.3) is 0 Å². The van der Waals surface area contributed by atoms with Gasteiger partial charge in [-0.15, -0.1) is 0 Å². The molecule has 0 aromatic heterocycles. The van der Waals surface area contributed by atoms with Crippen LogP contribution < -0.4 is 9.47 Å². The molecule has 2 aromatic carbocycles. The van der Waals surface area contributed by atoms with Crippen molar-refractivity contribution in [2.75, 3.05) is 7.11 Å². The molecule has 2 rings (SSSR count). The second-order valence-electron chi connectivity index (χ2n) is 4.74. The Morgan fingerprint density at radius 3 is 2.25 bits per heavy atom. The Morgan fingerprint density at radius 1 is 1.00 bits per heavy atom. The molecule has 9 heteroatoms. The predicted octanol–water partition coefficient (Wildman–Crippen LogP) is 3.04. The highest BCUT2D eigenvalue weighted by molar-refractivity contribution is 5.92. The van der Waals surface area contributed by atoms with Crippen molar-refractivity contribution in [3.8, 4) is 11.5 Å². The molecule has 124 valence electrons. The molecule has 0 saturated carbocycles. The van der Waals surface area contributed by atoms with Crippen LogP contribution in [-0.4, -0.2) is 22.9 Å². The van der Waals surface area contributed by atoms with E-state index in [0.717, 1.165) is 6.07 Å². The van der Waals surface area contributed by atoms with E-state index in [2.05, 4.69) is 0 Å². The summed E-state index contributed by atoms with van der Waals surface area (Å²) in [6, 6.07) is 7.33. The zero-order valence-corrected chi connectivity index (χ0v) is 12.7. The molecule has 0 N–H and O–H groups in total. The van der Waals surface area contributed by atoms with Gasteiger partial charge in [-0.05, 0) is 25.1 Å². The highest BCUT2D eigenvalue weighted by Crippen LogP contribution is 2.32. The molecule has 0 bridgehead atoms. The Balaban J connectivity index is 2.32. The van der Waals surface area contributed by atoms with E-state index in [0.29, 0.717) is 5.56 Å². The van der Waals surface area contributed by atoms with Crippen LogP contribution in [0.5, 0.6) is 11.5 Å². The first kappa shape index (κ1) is 16.9. The third kappa shape index (κ3) is 3.46. The van der Waals surface area contributed by atoms with Crippen molar-refractivity contribution in [1.82, 2.24) is 0 Å². The van der Waals surface area contributed by atoms with Gasteiger partial charge in [0.1, 0.15) is 0 Å². The highest BCUT2D eigenvalue weighted by atomic mass is 16.6. The summed E-state index contributed by atoms with van der Waals surface area (Å²) in [6.07, 6.45) is 0. The van der Waals surface area contributed by atoms with Crippen LogP contribution in [0.15, 0.2) is 36.4 Å². The fourth-order valence-corrected chi connectivity index (χ4v) is 2.00. The van der Waals surface area contributed by atoms with Crippen molar-refractivity contribution in [3.63, 3.8) is 0 Å². The van der Waals surface area contributed by atoms with Crippen LogP contribution in [0.3, 0.4) is 0 Å². The molecule has 0 spiro atoms. The molecular formula is C15H12N2O7. The van der Waals surface area contributed by atoms with Crippen LogP contribution in [-0.2, 0) is 0 Å². The number of carbonyl (C=O) groups excluding carboxylic acids is 1. The Labute approximate surface area is 135 Å². The number of nitrogens with zero attached hydrogens (tertiary/aromatic N) is 2. The molecule has 0 saturated heterocycles. The zero-order valence-electron chi connectivity index (χ0n) is 12.7. The second-order valence-corrected chi connectivity index (χ2v) is 4.74. The van der Waals surface area contributed by atoms with E-state index in [9.17, 15) is 25.0 Å². The smallest absolute Gasteiger partial charge is 0.343 e. The number of esters is 1. The van der Waals surface area contributed by atoms with Crippen LogP contribution in [0.2, 0.25) is 0 Å². The van der Waals surface area contributed by atoms with Gasteiger partial charge in [-0.1, -0.05) is 0 Å². The van der Waals surface area contributed by atoms with Crippen molar-refractivity contribution < 1.29 is 24.1 Å². The van der Waals surface area contributed by atoms with Crippen molar-refractivity contribution in [1.29, 1.82) is 0 Å². The quantitative estimate of drug-likeness (QED) is 0.357. The van der Waals surface area contributed by atoms with Gasteiger partial charge in [0.15, 0.2) is 11.5 Å². The Hall–Kier alpha value is -3.49. The van der Waals surface area contributed by atoms with E-state index in [1.807, 2.05) is 0 Å². The van der Waals surface area contributed by atoms with Gasteiger partial charge in [-0.25, -0.2) is 4.79 Å². The van der Waals surface area contributed by atoms with E-state index in [-0.39, 0.29) is 28.4 Å². The minimum Gasteiger partial charge on any atom is -0.493 e. The monoisotopic (exact) mass is 332 g/mol. The molecule has 0 fully saturated rings. The molecule has 0 heterocycles. The van der Waals surface area contributed by atoms with Crippen LogP contribution in [0.1, 0.15) is 15.9 Å². The topological polar surface area (TPSA) is 122 Å². The first-order valence-electron chi connectivity index (χ1n) is 6.63. The lowest BCUT2D eigenvalue weighted by atomic mass is 10.1. The number of aryl methyl sites for hydroxylation is 1. The van der Waals surface area contributed by atoms with E-state index >= 15 is 0 Å². The number of hydrogen-bond donors (Lipinski definition) is 0. The van der Waals surface area contributed by atoms with Crippen molar-refractivity contribution in [3.05, 3.63) is 67.8 Å². The average molecular weight is 332 g/mol. The number of rotatable bonds is 5. The number of ether oxygens (including phenoxy) is 2. The molecule has 9 nitrogen and oxygen atoms in total. The number of carbonyl (C=O) groups is 1. The molecule has 0 aliphatic carbocycles. The van der Waals surface area contributed by atoms with Gasteiger partial charge < -0.3 is 9.47 Å². The molecule has 0 aliphatic heterocycles. The van der Waals surface area contributed by atoms with Crippen LogP contribution in [0.4, 0.5) is 11.4 Å². The fourth-order valence-electron chi connectivity index (χ4n) is 2.00. The molecule has 0 unspecified atom stereocenters. The van der Waals surface area contributed by atoms with Gasteiger partial charge in [0.05, 0.1) is 28.6 Å². The maximum atomic E-state index is 12.2. The lowest BCUT2D eigenvalue weighted by molar-refractivity contribution is -0.385. The summed E-state index contributed by atoms with van der Waals surface area (Å²) in [7, 11) is 1.33. The zero-order chi connectivity index (χ0) is 17.9. The Bertz CT molecular complexity index is 833. The minimum absolute atomic E-state index is 0.0756. The summed E-state index contributed by atoms with van der Waals surface area (Å²) >= 11 is 0. The number of methoxy groups -OCH3 is 1. The first-order chi connectivity index (χ1) is 11.3. The van der Waals surface area contributed by atoms with E-state index in [4.69, 9.17) is 9.47 Å². The lowest BCUT2D eigenvalue weighted by Crippen LogP contribution is -2.10. The maximum absolute atomic E-state index is 12.2. The molecule has 0 radical (unpaired) electrons. The number of nitro groups is 2. The average Bonchev–Trinajstić information content (AvgIpc) is 2.54. The summed E-state index contributed by atoms with van der Waals surface area (Å²) < 4.78 is 10.1. The lowest BCUT2D eigenvalue weighted by Gasteiger charge is -2.09. The molecule has 2 aromatic rings. The molecule has 0 atom stereocenters. The molecule has 24 heavy (non-hydrogen) atoms. The highest BCUT2D eigenvalue weighted by Gasteiger charge is 2.19. The van der Waals surface area contributed by atoms with E-state index in [1.54, 1.807) is 0 Å². The van der Waals surface area contributed by atoms with Crippen LogP contribution in [0, 0.1) is 27.2 Å². The summed E-state index contributed by atoms with van der Waals surface area (Å²) in [6.45, 7) is 1.49. The molecular weight excluding hydrogens is 320 g/mol. The maximum Gasteiger partial charge on any atom is 0.343 e. The van der Waals surface area contributed by atoms with Crippen LogP contribution >= 0.6 is 0 Å². The molecule has 0 amide bonds. The SMILES string of the molecule is COc1ccc([N+](=O)[O-])cc1OC(=O)c1ccc([N+](=O)[O-])c(C)c1. The molecule has 0 aliphatic rings. The Kier molecular flexibility index (Phi) is 4.73. The third-order valence-electron chi connectivity index (χ3n) is 3.19. The van der Waals surface area contributed by atoms with Gasteiger partial charge >= 0.3 is 5.97 Å². The minimum atomic E-state index is -0.813. The van der Waals surface area contributed by atoms with Gasteiger partial charge in [0.2, 0.25) is 0 Å².